The van der Waals surface area contributed by atoms with Crippen LogP contribution in [-0.2, 0) is 14.8 Å². The van der Waals surface area contributed by atoms with Crippen LogP contribution >= 0.6 is 35.7 Å². The Kier molecular flexibility index (Phi) is 15.4. The zero-order chi connectivity index (χ0) is 17.7. The predicted molar refractivity (Wildman–Crippen MR) is 118 cm³/mol. The Labute approximate surface area is 174 Å². The summed E-state index contributed by atoms with van der Waals surface area (Å²) in [5, 5.41) is 6.24. The van der Waals surface area contributed by atoms with E-state index >= 15 is 0 Å². The number of aliphatic imine (C=N–C) groups is 1. The summed E-state index contributed by atoms with van der Waals surface area (Å²) in [5.41, 5.74) is 0. The van der Waals surface area contributed by atoms with Crippen LogP contribution in [0.5, 0.6) is 0 Å². The van der Waals surface area contributed by atoms with E-state index in [1.54, 1.807) is 23.1 Å². The minimum Gasteiger partial charge on any atom is -0.381 e. The third-order valence-electron chi connectivity index (χ3n) is 3.64. The number of nitrogens with zero attached hydrogens (tertiary/aromatic N) is 2. The molecule has 1 fully saturated rings. The highest BCUT2D eigenvalue weighted by Gasteiger charge is 2.23. The van der Waals surface area contributed by atoms with Crippen molar-refractivity contribution in [2.45, 2.75) is 26.2 Å². The number of sulfonamides is 1. The Morgan fingerprint density at radius 2 is 1.80 bits per heavy atom. The molecule has 10 heteroatoms. The minimum atomic E-state index is -3.17. The van der Waals surface area contributed by atoms with Gasteiger partial charge in [0.2, 0.25) is 10.0 Å². The lowest BCUT2D eigenvalue weighted by molar-refractivity contribution is 0.129. The van der Waals surface area contributed by atoms with E-state index < -0.39 is 10.0 Å². The maximum Gasteiger partial charge on any atom is 0.215 e. The Hall–Kier alpha value is 0.220. The van der Waals surface area contributed by atoms with Gasteiger partial charge in [-0.1, -0.05) is 13.3 Å². The average Bonchev–Trinajstić information content (AvgIpc) is 2.60. The summed E-state index contributed by atoms with van der Waals surface area (Å²) < 4.78 is 31.6. The first-order chi connectivity index (χ1) is 11.6. The van der Waals surface area contributed by atoms with E-state index in [1.807, 2.05) is 0 Å². The van der Waals surface area contributed by atoms with Crippen molar-refractivity contribution in [3.63, 3.8) is 0 Å². The standard InChI is InChI=1S/C15H32N4O3S2.HI/c1-3-4-10-22-11-5-6-17-15(16-2)18-7-14-24(20,21)19-8-12-23-13-9-19;/h3-14H2,1-2H3,(H2,16,17,18);1H. The van der Waals surface area contributed by atoms with E-state index in [9.17, 15) is 8.42 Å². The van der Waals surface area contributed by atoms with Crippen LogP contribution in [0.25, 0.3) is 0 Å². The molecule has 0 atom stereocenters. The first kappa shape index (κ1) is 25.2. The quantitative estimate of drug-likeness (QED) is 0.190. The lowest BCUT2D eigenvalue weighted by atomic mass is 10.4. The Balaban J connectivity index is 0.00000576. The third-order valence-corrected chi connectivity index (χ3v) is 6.45. The van der Waals surface area contributed by atoms with E-state index in [2.05, 4.69) is 22.5 Å². The summed E-state index contributed by atoms with van der Waals surface area (Å²) in [6.45, 7) is 6.04. The summed E-state index contributed by atoms with van der Waals surface area (Å²) in [5.74, 6) is 2.50. The Bertz CT molecular complexity index is 458. The molecule has 1 saturated heterocycles. The summed E-state index contributed by atoms with van der Waals surface area (Å²) in [4.78, 5) is 4.11. The number of halogens is 1. The van der Waals surface area contributed by atoms with Crippen LogP contribution < -0.4 is 10.6 Å². The van der Waals surface area contributed by atoms with Crippen LogP contribution in [0.4, 0.5) is 0 Å². The van der Waals surface area contributed by atoms with Crippen LogP contribution in [0.15, 0.2) is 4.99 Å². The highest BCUT2D eigenvalue weighted by molar-refractivity contribution is 14.0. The SMILES string of the molecule is CCCCOCCCNC(=NC)NCCS(=O)(=O)N1CCSCC1.I. The molecule has 1 aliphatic heterocycles. The molecule has 25 heavy (non-hydrogen) atoms. The van der Waals surface area contributed by atoms with Gasteiger partial charge in [-0.2, -0.15) is 11.8 Å². The first-order valence-corrected chi connectivity index (χ1v) is 11.4. The lowest BCUT2D eigenvalue weighted by Gasteiger charge is -2.25. The number of hydrogen-bond donors (Lipinski definition) is 2. The molecule has 0 spiro atoms. The topological polar surface area (TPSA) is 83.0 Å². The molecule has 0 saturated carbocycles. The van der Waals surface area contributed by atoms with Gasteiger partial charge in [-0.25, -0.2) is 12.7 Å². The van der Waals surface area contributed by atoms with E-state index in [4.69, 9.17) is 4.74 Å². The highest BCUT2D eigenvalue weighted by Crippen LogP contribution is 2.12. The molecule has 150 valence electrons. The number of unbranched alkanes of at least 4 members (excludes halogenated alkanes) is 1. The fourth-order valence-electron chi connectivity index (χ4n) is 2.20. The lowest BCUT2D eigenvalue weighted by Crippen LogP contribution is -2.44. The normalized spacial score (nSPS) is 16.3. The molecule has 2 N–H and O–H groups in total. The second-order valence-corrected chi connectivity index (χ2v) is 8.89. The van der Waals surface area contributed by atoms with Crippen molar-refractivity contribution in [3.05, 3.63) is 0 Å². The monoisotopic (exact) mass is 508 g/mol. The predicted octanol–water partition coefficient (Wildman–Crippen LogP) is 1.35. The number of ether oxygens (including phenoxy) is 1. The molecule has 1 heterocycles. The second-order valence-electron chi connectivity index (χ2n) is 5.57. The van der Waals surface area contributed by atoms with Crippen molar-refractivity contribution in [1.82, 2.24) is 14.9 Å². The number of thioether (sulfide) groups is 1. The molecule has 0 aromatic rings. The largest absolute Gasteiger partial charge is 0.381 e. The van der Waals surface area contributed by atoms with Gasteiger partial charge in [-0.15, -0.1) is 24.0 Å². The van der Waals surface area contributed by atoms with E-state index in [0.29, 0.717) is 25.6 Å². The van der Waals surface area contributed by atoms with E-state index in [1.165, 1.54) is 0 Å². The van der Waals surface area contributed by atoms with Gasteiger partial charge in [0.1, 0.15) is 0 Å². The molecule has 0 unspecified atom stereocenters. The number of nitrogens with one attached hydrogen (secondary N) is 2. The summed E-state index contributed by atoms with van der Waals surface area (Å²) in [6, 6.07) is 0. The first-order valence-electron chi connectivity index (χ1n) is 8.68. The minimum absolute atomic E-state index is 0. The maximum absolute atomic E-state index is 12.2. The van der Waals surface area contributed by atoms with Crippen molar-refractivity contribution in [1.29, 1.82) is 0 Å². The molecule has 0 aliphatic carbocycles. The fraction of sp³-hybridized carbons (Fsp3) is 0.933. The van der Waals surface area contributed by atoms with Crippen LogP contribution in [-0.4, -0.2) is 82.4 Å². The molecule has 0 bridgehead atoms. The summed E-state index contributed by atoms with van der Waals surface area (Å²) in [7, 11) is -1.49. The number of guanidine groups is 1. The average molecular weight is 508 g/mol. The molecular weight excluding hydrogens is 475 g/mol. The van der Waals surface area contributed by atoms with E-state index in [-0.39, 0.29) is 29.7 Å². The summed E-state index contributed by atoms with van der Waals surface area (Å²) in [6.07, 6.45) is 3.14. The maximum atomic E-state index is 12.2. The van der Waals surface area contributed by atoms with Crippen molar-refractivity contribution >= 4 is 51.7 Å². The Morgan fingerprint density at radius 3 is 2.44 bits per heavy atom. The molecule has 7 nitrogen and oxygen atoms in total. The van der Waals surface area contributed by atoms with Crippen LogP contribution in [0.2, 0.25) is 0 Å². The van der Waals surface area contributed by atoms with E-state index in [0.717, 1.165) is 50.5 Å². The van der Waals surface area contributed by atoms with Gasteiger partial charge in [0.25, 0.3) is 0 Å². The second kappa shape index (κ2) is 15.3. The molecule has 0 aromatic heterocycles. The zero-order valence-corrected chi connectivity index (χ0v) is 19.3. The molecular formula is C15H33IN4O3S2. The zero-order valence-electron chi connectivity index (χ0n) is 15.3. The van der Waals surface area contributed by atoms with Crippen LogP contribution in [0, 0.1) is 0 Å². The van der Waals surface area contributed by atoms with Gasteiger partial charge in [-0.05, 0) is 12.8 Å². The Morgan fingerprint density at radius 1 is 1.16 bits per heavy atom. The van der Waals surface area contributed by atoms with Gasteiger partial charge in [0.05, 0.1) is 5.75 Å². The smallest absolute Gasteiger partial charge is 0.215 e. The van der Waals surface area contributed by atoms with Crippen molar-refractivity contribution in [2.24, 2.45) is 4.99 Å². The molecule has 1 aliphatic rings. The number of rotatable bonds is 11. The highest BCUT2D eigenvalue weighted by atomic mass is 127. The van der Waals surface area contributed by atoms with Gasteiger partial charge >= 0.3 is 0 Å². The van der Waals surface area contributed by atoms with Crippen LogP contribution in [0.1, 0.15) is 26.2 Å². The van der Waals surface area contributed by atoms with Gasteiger partial charge in [0, 0.05) is 57.9 Å². The van der Waals surface area contributed by atoms with Crippen molar-refractivity contribution in [2.75, 3.05) is 63.7 Å². The molecule has 1 rings (SSSR count). The molecule has 0 amide bonds. The molecule has 0 aromatic carbocycles. The molecule has 0 radical (unpaired) electrons. The van der Waals surface area contributed by atoms with Gasteiger partial charge < -0.3 is 15.4 Å². The fourth-order valence-corrected chi connectivity index (χ4v) is 4.69. The van der Waals surface area contributed by atoms with Crippen molar-refractivity contribution < 1.29 is 13.2 Å². The van der Waals surface area contributed by atoms with Gasteiger partial charge in [-0.3, -0.25) is 4.99 Å². The third kappa shape index (κ3) is 11.5. The van der Waals surface area contributed by atoms with Gasteiger partial charge in [0.15, 0.2) is 5.96 Å². The summed E-state index contributed by atoms with van der Waals surface area (Å²) >= 11 is 1.80. The van der Waals surface area contributed by atoms with Crippen LogP contribution in [0.3, 0.4) is 0 Å². The number of hydrogen-bond acceptors (Lipinski definition) is 5. The van der Waals surface area contributed by atoms with Crippen molar-refractivity contribution in [3.8, 4) is 0 Å².